The predicted molar refractivity (Wildman–Crippen MR) is 96.0 cm³/mol. The first-order chi connectivity index (χ1) is 12.2. The fourth-order valence-electron chi connectivity index (χ4n) is 2.63. The van der Waals surface area contributed by atoms with Crippen LogP contribution in [0.25, 0.3) is 11.0 Å². The number of carbonyl (C=O) groups excluding carboxylic acids is 1. The Balaban J connectivity index is 1.48. The van der Waals surface area contributed by atoms with Crippen LogP contribution in [0, 0.1) is 6.92 Å². The Morgan fingerprint density at radius 3 is 2.60 bits per heavy atom. The van der Waals surface area contributed by atoms with E-state index in [2.05, 4.69) is 10.3 Å². The van der Waals surface area contributed by atoms with E-state index < -0.39 is 0 Å². The number of benzene rings is 2. The first kappa shape index (κ1) is 16.8. The molecule has 1 N–H and O–H groups in total. The molecule has 0 saturated heterocycles. The van der Waals surface area contributed by atoms with Gasteiger partial charge in [-0.25, -0.2) is 4.98 Å². The Hall–Kier alpha value is -3.02. The normalized spacial score (nSPS) is 10.6. The summed E-state index contributed by atoms with van der Waals surface area (Å²) in [5, 5.41) is 2.87. The van der Waals surface area contributed by atoms with Gasteiger partial charge in [0.1, 0.15) is 30.5 Å². The van der Waals surface area contributed by atoms with E-state index in [0.29, 0.717) is 13.2 Å². The molecule has 0 spiro atoms. The third-order valence-electron chi connectivity index (χ3n) is 3.90. The summed E-state index contributed by atoms with van der Waals surface area (Å²) in [5.41, 5.74) is 1.86. The minimum atomic E-state index is -0.0652. The van der Waals surface area contributed by atoms with E-state index >= 15 is 0 Å². The minimum absolute atomic E-state index is 0.0652. The number of amides is 1. The van der Waals surface area contributed by atoms with Crippen LogP contribution in [0.1, 0.15) is 5.82 Å². The molecule has 3 rings (SSSR count). The molecule has 0 aliphatic carbocycles. The lowest BCUT2D eigenvalue weighted by molar-refractivity contribution is -0.121. The Morgan fingerprint density at radius 1 is 1.12 bits per heavy atom. The van der Waals surface area contributed by atoms with E-state index in [9.17, 15) is 4.79 Å². The van der Waals surface area contributed by atoms with E-state index in [1.165, 1.54) is 0 Å². The predicted octanol–water partition coefficient (Wildman–Crippen LogP) is 2.55. The molecule has 0 bridgehead atoms. The number of fused-ring (bicyclic) bond motifs is 1. The second-order valence-corrected chi connectivity index (χ2v) is 5.61. The van der Waals surface area contributed by atoms with Gasteiger partial charge in [-0.2, -0.15) is 0 Å². The number of para-hydroxylation sites is 2. The van der Waals surface area contributed by atoms with E-state index in [4.69, 9.17) is 9.47 Å². The van der Waals surface area contributed by atoms with Gasteiger partial charge in [-0.15, -0.1) is 0 Å². The molecule has 0 aliphatic heterocycles. The van der Waals surface area contributed by atoms with Crippen LogP contribution in [0.15, 0.2) is 48.5 Å². The van der Waals surface area contributed by atoms with Crippen LogP contribution in [0.4, 0.5) is 0 Å². The first-order valence-corrected chi connectivity index (χ1v) is 8.13. The number of aryl methyl sites for hydroxylation is 1. The van der Waals surface area contributed by atoms with Gasteiger partial charge in [-0.1, -0.05) is 12.1 Å². The Morgan fingerprint density at radius 2 is 1.84 bits per heavy atom. The van der Waals surface area contributed by atoms with Crippen molar-refractivity contribution < 1.29 is 14.3 Å². The zero-order chi connectivity index (χ0) is 17.6. The number of imidazole rings is 1. The molecule has 130 valence electrons. The average Bonchev–Trinajstić information content (AvgIpc) is 2.95. The van der Waals surface area contributed by atoms with Crippen molar-refractivity contribution in [1.29, 1.82) is 0 Å². The van der Waals surface area contributed by atoms with Crippen LogP contribution < -0.4 is 14.8 Å². The van der Waals surface area contributed by atoms with Crippen LogP contribution in [-0.2, 0) is 11.3 Å². The molecule has 1 amide bonds. The van der Waals surface area contributed by atoms with Crippen molar-refractivity contribution in [2.24, 2.45) is 0 Å². The molecular weight excluding hydrogens is 318 g/mol. The number of aromatic nitrogens is 2. The van der Waals surface area contributed by atoms with E-state index in [1.807, 2.05) is 60.0 Å². The van der Waals surface area contributed by atoms with Gasteiger partial charge in [0, 0.05) is 0 Å². The summed E-state index contributed by atoms with van der Waals surface area (Å²) in [6, 6.07) is 15.1. The topological polar surface area (TPSA) is 65.4 Å². The Bertz CT molecular complexity index is 856. The highest BCUT2D eigenvalue weighted by atomic mass is 16.5. The maximum absolute atomic E-state index is 12.2. The van der Waals surface area contributed by atoms with Gasteiger partial charge < -0.3 is 19.4 Å². The number of hydrogen-bond donors (Lipinski definition) is 1. The van der Waals surface area contributed by atoms with Crippen molar-refractivity contribution in [2.45, 2.75) is 13.5 Å². The third kappa shape index (κ3) is 4.09. The quantitative estimate of drug-likeness (QED) is 0.672. The summed E-state index contributed by atoms with van der Waals surface area (Å²) in [5.74, 6) is 2.28. The van der Waals surface area contributed by atoms with E-state index in [-0.39, 0.29) is 12.5 Å². The standard InChI is InChI=1S/C19H21N3O3/c1-14-21-17-5-3-4-6-18(17)22(14)13-19(23)20-11-12-25-16-9-7-15(24-2)8-10-16/h3-10H,11-13H2,1-2H3,(H,20,23). The molecule has 0 saturated carbocycles. The van der Waals surface area contributed by atoms with Crippen molar-refractivity contribution >= 4 is 16.9 Å². The molecule has 0 aliphatic rings. The van der Waals surface area contributed by atoms with Crippen LogP contribution in [-0.4, -0.2) is 35.7 Å². The number of nitrogens with one attached hydrogen (secondary N) is 1. The van der Waals surface area contributed by atoms with Gasteiger partial charge >= 0.3 is 0 Å². The highest BCUT2D eigenvalue weighted by Crippen LogP contribution is 2.17. The summed E-state index contributed by atoms with van der Waals surface area (Å²) in [6.45, 7) is 2.99. The molecule has 0 atom stereocenters. The lowest BCUT2D eigenvalue weighted by atomic mass is 10.3. The molecule has 3 aromatic rings. The zero-order valence-electron chi connectivity index (χ0n) is 14.4. The van der Waals surface area contributed by atoms with E-state index in [1.54, 1.807) is 7.11 Å². The molecule has 0 fully saturated rings. The summed E-state index contributed by atoms with van der Waals surface area (Å²) >= 11 is 0. The highest BCUT2D eigenvalue weighted by molar-refractivity contribution is 5.81. The van der Waals surface area contributed by atoms with Gasteiger partial charge in [-0.3, -0.25) is 4.79 Å². The number of rotatable bonds is 7. The van der Waals surface area contributed by atoms with Gasteiger partial charge in [0.05, 0.1) is 24.7 Å². The van der Waals surface area contributed by atoms with Gasteiger partial charge in [-0.05, 0) is 43.3 Å². The smallest absolute Gasteiger partial charge is 0.240 e. The monoisotopic (exact) mass is 339 g/mol. The van der Waals surface area contributed by atoms with E-state index in [0.717, 1.165) is 28.4 Å². The lowest BCUT2D eigenvalue weighted by Crippen LogP contribution is -2.31. The average molecular weight is 339 g/mol. The van der Waals surface area contributed by atoms with Crippen molar-refractivity contribution in [2.75, 3.05) is 20.3 Å². The molecule has 1 aromatic heterocycles. The van der Waals surface area contributed by atoms with Crippen molar-refractivity contribution in [3.63, 3.8) is 0 Å². The van der Waals surface area contributed by atoms with Gasteiger partial charge in [0.2, 0.25) is 5.91 Å². The summed E-state index contributed by atoms with van der Waals surface area (Å²) in [4.78, 5) is 16.6. The van der Waals surface area contributed by atoms with Crippen molar-refractivity contribution in [3.8, 4) is 11.5 Å². The highest BCUT2D eigenvalue weighted by Gasteiger charge is 2.10. The van der Waals surface area contributed by atoms with Gasteiger partial charge in [0.15, 0.2) is 0 Å². The lowest BCUT2D eigenvalue weighted by Gasteiger charge is -2.10. The third-order valence-corrected chi connectivity index (χ3v) is 3.90. The fourth-order valence-corrected chi connectivity index (χ4v) is 2.63. The maximum Gasteiger partial charge on any atom is 0.240 e. The van der Waals surface area contributed by atoms with Crippen molar-refractivity contribution in [1.82, 2.24) is 14.9 Å². The summed E-state index contributed by atoms with van der Waals surface area (Å²) in [6.07, 6.45) is 0. The molecule has 6 heteroatoms. The van der Waals surface area contributed by atoms with Crippen LogP contribution in [0.3, 0.4) is 0 Å². The summed E-state index contributed by atoms with van der Waals surface area (Å²) in [7, 11) is 1.62. The largest absolute Gasteiger partial charge is 0.497 e. The number of methoxy groups -OCH3 is 1. The number of ether oxygens (including phenoxy) is 2. The molecule has 1 heterocycles. The first-order valence-electron chi connectivity index (χ1n) is 8.13. The molecule has 6 nitrogen and oxygen atoms in total. The van der Waals surface area contributed by atoms with Crippen LogP contribution in [0.5, 0.6) is 11.5 Å². The Kier molecular flexibility index (Phi) is 5.18. The number of nitrogens with zero attached hydrogens (tertiary/aromatic N) is 2. The number of hydrogen-bond acceptors (Lipinski definition) is 4. The minimum Gasteiger partial charge on any atom is -0.497 e. The number of carbonyl (C=O) groups is 1. The molecular formula is C19H21N3O3. The van der Waals surface area contributed by atoms with Gasteiger partial charge in [0.25, 0.3) is 0 Å². The van der Waals surface area contributed by atoms with Crippen LogP contribution in [0.2, 0.25) is 0 Å². The summed E-state index contributed by atoms with van der Waals surface area (Å²) < 4.78 is 12.6. The SMILES string of the molecule is COc1ccc(OCCNC(=O)Cn2c(C)nc3ccccc32)cc1. The molecule has 0 radical (unpaired) electrons. The van der Waals surface area contributed by atoms with Crippen molar-refractivity contribution in [3.05, 3.63) is 54.4 Å². The second-order valence-electron chi connectivity index (χ2n) is 5.61. The molecule has 0 unspecified atom stereocenters. The fraction of sp³-hybridized carbons (Fsp3) is 0.263. The maximum atomic E-state index is 12.2. The van der Waals surface area contributed by atoms with Crippen LogP contribution >= 0.6 is 0 Å². The Labute approximate surface area is 146 Å². The zero-order valence-corrected chi connectivity index (χ0v) is 14.4. The molecule has 25 heavy (non-hydrogen) atoms. The second kappa shape index (κ2) is 7.70. The molecule has 2 aromatic carbocycles.